The molecular weight excluding hydrogens is 996 g/mol. The molecule has 4 aliphatic heterocycles. The molecule has 6 unspecified atom stereocenters. The Labute approximate surface area is 420 Å². The topological polar surface area (TPSA) is 430 Å². The fourth-order valence-corrected chi connectivity index (χ4v) is 12.0. The molecule has 38 heteroatoms. The van der Waals surface area contributed by atoms with Crippen molar-refractivity contribution in [1.82, 2.24) is 61.5 Å². The van der Waals surface area contributed by atoms with Gasteiger partial charge in [-0.15, -0.1) is 0 Å². The Bertz CT molecular complexity index is 2050. The normalized spacial score (nSPS) is 25.2. The van der Waals surface area contributed by atoms with E-state index in [1.54, 1.807) is 13.8 Å². The van der Waals surface area contributed by atoms with Gasteiger partial charge >= 0.3 is 88.0 Å². The van der Waals surface area contributed by atoms with E-state index in [2.05, 4.69) is 41.7 Å². The number of ether oxygens (including phenoxy) is 2. The third-order valence-electron chi connectivity index (χ3n) is 8.95. The van der Waals surface area contributed by atoms with Crippen molar-refractivity contribution in [3.63, 3.8) is 0 Å². The molecule has 4 aliphatic rings. The SMILES string of the molecule is CCOn1nnnc1S(O)(C[PH+]=O)CC(=O)N[C@H]1CON(C2(C(=O)[O-])CCC(=O)O2)C1=O.CCOn1nnnc1S(O)(C[PH+]=O)CC(=O)N[C@H]1CON(C2(C(=O)[O-])CCC(=O)O2)C1=O.[Na+].[Na+]. The molecule has 2 aromatic rings. The fraction of sp³-hybridized carbons (Fsp3) is 0.643. The third kappa shape index (κ3) is 12.1. The van der Waals surface area contributed by atoms with E-state index < -0.39 is 133 Å². The Kier molecular flexibility index (Phi) is 20.6. The van der Waals surface area contributed by atoms with Crippen LogP contribution >= 0.6 is 37.5 Å². The number of hydrogen-bond donors (Lipinski definition) is 4. The molecule has 0 aliphatic carbocycles. The van der Waals surface area contributed by atoms with Crippen molar-refractivity contribution >= 4 is 85.0 Å². The molecule has 0 saturated carbocycles. The molecule has 6 heterocycles. The number of tetrazole rings is 2. The van der Waals surface area contributed by atoms with Crippen LogP contribution in [0.25, 0.3) is 0 Å². The van der Waals surface area contributed by atoms with Gasteiger partial charge in [0, 0.05) is 12.8 Å². The number of carbonyl (C=O) groups excluding carboxylic acids is 8. The number of carbonyl (C=O) groups is 8. The molecule has 6 rings (SSSR count). The molecule has 4 saturated heterocycles. The fourth-order valence-electron chi connectivity index (χ4n) is 6.14. The van der Waals surface area contributed by atoms with Gasteiger partial charge in [-0.2, -0.15) is 10.1 Å². The Morgan fingerprint density at radius 2 is 1.09 bits per heavy atom. The van der Waals surface area contributed by atoms with E-state index in [-0.39, 0.29) is 119 Å². The Hall–Kier alpha value is -3.76. The molecule has 2 aromatic heterocycles. The Morgan fingerprint density at radius 1 is 0.727 bits per heavy atom. The second-order valence-electron chi connectivity index (χ2n) is 13.2. The number of nitrogens with one attached hydrogen (secondary N) is 2. The molecular formula is C28H38N12Na2O20P2S2+2. The summed E-state index contributed by atoms with van der Waals surface area (Å²) in [6, 6.07) is -2.67. The van der Waals surface area contributed by atoms with Gasteiger partial charge in [0.2, 0.25) is 22.8 Å². The first-order valence-corrected chi connectivity index (χ1v) is 24.4. The smallest absolute Gasteiger partial charge is 0.544 e. The first-order valence-electron chi connectivity index (χ1n) is 18.3. The number of hydrogen-bond acceptors (Lipinski definition) is 26. The quantitative estimate of drug-likeness (QED) is 0.0543. The predicted molar refractivity (Wildman–Crippen MR) is 200 cm³/mol. The second-order valence-corrected chi connectivity index (χ2v) is 20.8. The minimum atomic E-state index is -3.15. The van der Waals surface area contributed by atoms with Gasteiger partial charge in [-0.05, 0) is 55.3 Å². The molecule has 32 nitrogen and oxygen atoms in total. The van der Waals surface area contributed by atoms with Crippen LogP contribution in [-0.2, 0) is 66.6 Å². The van der Waals surface area contributed by atoms with E-state index in [4.69, 9.17) is 28.8 Å². The molecule has 4 amide bonds. The van der Waals surface area contributed by atoms with Gasteiger partial charge in [0.15, 0.2) is 0 Å². The third-order valence-corrected chi connectivity index (χ3v) is 17.0. The monoisotopic (exact) mass is 1030 g/mol. The minimum Gasteiger partial charge on any atom is -0.544 e. The van der Waals surface area contributed by atoms with Crippen LogP contribution in [0.2, 0.25) is 0 Å². The van der Waals surface area contributed by atoms with Crippen molar-refractivity contribution in [3.8, 4) is 0 Å². The summed E-state index contributed by atoms with van der Waals surface area (Å²) in [5.74, 6) is -10.3. The molecule has 66 heavy (non-hydrogen) atoms. The van der Waals surface area contributed by atoms with E-state index in [9.17, 15) is 66.8 Å². The first kappa shape index (κ1) is 56.6. The Morgan fingerprint density at radius 3 is 1.38 bits per heavy atom. The van der Waals surface area contributed by atoms with Gasteiger partial charge in [0.25, 0.3) is 33.6 Å². The number of nitrogens with zero attached hydrogens (tertiary/aromatic N) is 10. The summed E-state index contributed by atoms with van der Waals surface area (Å²) in [6.07, 6.45) is -1.29. The number of rotatable bonds is 20. The molecule has 0 spiro atoms. The van der Waals surface area contributed by atoms with E-state index in [1.165, 1.54) is 0 Å². The second kappa shape index (κ2) is 24.0. The summed E-state index contributed by atoms with van der Waals surface area (Å²) < 4.78 is 54.0. The van der Waals surface area contributed by atoms with Crippen LogP contribution in [0, 0.1) is 0 Å². The first-order chi connectivity index (χ1) is 30.3. The number of cyclic esters (lactones) is 2. The maximum Gasteiger partial charge on any atom is 1.00 e. The van der Waals surface area contributed by atoms with Crippen LogP contribution in [0.1, 0.15) is 39.5 Å². The average molecular weight is 1030 g/mol. The zero-order valence-corrected chi connectivity index (χ0v) is 42.8. The van der Waals surface area contributed by atoms with Crippen molar-refractivity contribution < 1.29 is 155 Å². The average Bonchev–Trinajstić information content (AvgIpc) is 4.10. The van der Waals surface area contributed by atoms with Gasteiger partial charge in [0.1, 0.15) is 50.4 Å². The number of esters is 2. The van der Waals surface area contributed by atoms with Crippen LogP contribution in [-0.4, -0.2) is 180 Å². The molecule has 0 radical (unpaired) electrons. The molecule has 352 valence electrons. The summed E-state index contributed by atoms with van der Waals surface area (Å²) in [5.41, 5.74) is -5.52. The summed E-state index contributed by atoms with van der Waals surface area (Å²) >= 11 is 0. The van der Waals surface area contributed by atoms with Crippen molar-refractivity contribution in [2.24, 2.45) is 0 Å². The van der Waals surface area contributed by atoms with Gasteiger partial charge in [-0.1, -0.05) is 29.0 Å². The van der Waals surface area contributed by atoms with E-state index >= 15 is 0 Å². The van der Waals surface area contributed by atoms with Gasteiger partial charge in [0.05, 0.1) is 24.3 Å². The number of amides is 4. The summed E-state index contributed by atoms with van der Waals surface area (Å²) in [4.78, 5) is 119. The van der Waals surface area contributed by atoms with Crippen molar-refractivity contribution in [2.45, 2.75) is 73.4 Å². The van der Waals surface area contributed by atoms with Crippen LogP contribution in [0.5, 0.6) is 0 Å². The number of aromatic nitrogens is 8. The van der Waals surface area contributed by atoms with Crippen LogP contribution in [0.15, 0.2) is 10.3 Å². The summed E-state index contributed by atoms with van der Waals surface area (Å²) in [6.45, 7) is 2.67. The van der Waals surface area contributed by atoms with Gasteiger partial charge in [-0.3, -0.25) is 38.4 Å². The Balaban J connectivity index is 0.000000340. The van der Waals surface area contributed by atoms with E-state index in [0.717, 1.165) is 9.69 Å². The standard InChI is InChI=1S/2C14H19N6O10PS.2Na/c2*1-2-28-20-13(16-17-18-20)32(27,7-31-26)6-9(21)15-8-5-29-19(11(8)23)14(12(24)25)4-3-10(22)30-14;;/h2*8,27H,2-7H2,1H3,(H,15,21)(H,24,25);;/q;;2*+1/t2*8-,14?;;/m00../s1. The zero-order chi connectivity index (χ0) is 47.0. The number of aliphatic carboxylic acids is 2. The largest absolute Gasteiger partial charge is 1.00 e. The van der Waals surface area contributed by atoms with Crippen LogP contribution in [0.4, 0.5) is 0 Å². The maximum atomic E-state index is 12.6. The number of hydroxylamine groups is 4. The summed E-state index contributed by atoms with van der Waals surface area (Å²) in [7, 11) is -8.27. The summed E-state index contributed by atoms with van der Waals surface area (Å²) in [5, 5.41) is 49.3. The van der Waals surface area contributed by atoms with Gasteiger partial charge < -0.3 is 58.7 Å². The van der Waals surface area contributed by atoms with Crippen molar-refractivity contribution in [2.75, 3.05) is 48.9 Å². The minimum absolute atomic E-state index is 0. The molecule has 4 fully saturated rings. The van der Waals surface area contributed by atoms with Gasteiger partial charge in [-0.25, -0.2) is 0 Å². The number of carboxylic acids is 2. The van der Waals surface area contributed by atoms with E-state index in [0.29, 0.717) is 10.1 Å². The maximum absolute atomic E-state index is 12.6. The molecule has 8 atom stereocenters. The van der Waals surface area contributed by atoms with Crippen LogP contribution in [0.3, 0.4) is 0 Å². The number of carboxylic acid groups (broad SMARTS) is 2. The van der Waals surface area contributed by atoms with Crippen molar-refractivity contribution in [3.05, 3.63) is 0 Å². The van der Waals surface area contributed by atoms with E-state index in [1.807, 2.05) is 0 Å². The molecule has 0 aromatic carbocycles. The molecule has 0 bridgehead atoms. The predicted octanol–water partition coefficient (Wildman–Crippen LogP) is -12.4. The molecule has 4 N–H and O–H groups in total. The zero-order valence-electron chi connectivity index (χ0n) is 35.2. The van der Waals surface area contributed by atoms with Crippen LogP contribution < -0.4 is 89.6 Å². The van der Waals surface area contributed by atoms with Crippen molar-refractivity contribution in [1.29, 1.82) is 0 Å².